The molecule has 3 aromatic rings. The van der Waals surface area contributed by atoms with Crippen LogP contribution < -0.4 is 5.32 Å². The maximum Gasteiger partial charge on any atom is 0.164 e. The zero-order chi connectivity index (χ0) is 22.7. The number of pyridine rings is 1. The van der Waals surface area contributed by atoms with Gasteiger partial charge in [0.05, 0.1) is 0 Å². The molecule has 0 bridgehead atoms. The number of halogens is 1. The monoisotopic (exact) mass is 433 g/mol. The number of fused-ring (bicyclic) bond motifs is 1. The van der Waals surface area contributed by atoms with E-state index in [0.29, 0.717) is 25.9 Å². The molecule has 4 rings (SSSR count). The number of nitrogens with zero attached hydrogens (tertiary/aromatic N) is 4. The molecule has 0 atom stereocenters. The summed E-state index contributed by atoms with van der Waals surface area (Å²) in [6, 6.07) is 10.6. The normalized spacial score (nSPS) is 14.7. The van der Waals surface area contributed by atoms with Crippen molar-refractivity contribution < 1.29 is 4.39 Å². The Morgan fingerprint density at radius 1 is 1.19 bits per heavy atom. The van der Waals surface area contributed by atoms with Gasteiger partial charge in [0.25, 0.3) is 0 Å². The van der Waals surface area contributed by atoms with Crippen LogP contribution in [0.15, 0.2) is 55.4 Å². The Balaban J connectivity index is 1.69. The van der Waals surface area contributed by atoms with Crippen molar-refractivity contribution in [1.29, 1.82) is 0 Å². The summed E-state index contributed by atoms with van der Waals surface area (Å²) in [5.74, 6) is 0.950. The van der Waals surface area contributed by atoms with E-state index in [1.54, 1.807) is 0 Å². The van der Waals surface area contributed by atoms with E-state index < -0.39 is 6.17 Å². The predicted molar refractivity (Wildman–Crippen MR) is 130 cm³/mol. The van der Waals surface area contributed by atoms with Gasteiger partial charge < -0.3 is 10.2 Å². The van der Waals surface area contributed by atoms with Crippen molar-refractivity contribution in [2.45, 2.75) is 45.7 Å². The fourth-order valence-electron chi connectivity index (χ4n) is 4.18. The first-order chi connectivity index (χ1) is 15.5. The quantitative estimate of drug-likeness (QED) is 0.540. The van der Waals surface area contributed by atoms with Crippen molar-refractivity contribution >= 4 is 16.9 Å². The summed E-state index contributed by atoms with van der Waals surface area (Å²) in [5, 5.41) is 3.29. The zero-order valence-electron chi connectivity index (χ0n) is 19.1. The van der Waals surface area contributed by atoms with Gasteiger partial charge in [-0.15, -0.1) is 0 Å². The molecule has 1 N–H and O–H groups in total. The smallest absolute Gasteiger partial charge is 0.164 e. The van der Waals surface area contributed by atoms with Gasteiger partial charge in [0.15, 0.2) is 5.65 Å². The van der Waals surface area contributed by atoms with E-state index in [1.165, 1.54) is 5.56 Å². The molecule has 1 aliphatic heterocycles. The Hall–Kier alpha value is -3.15. The maximum absolute atomic E-state index is 13.5. The van der Waals surface area contributed by atoms with E-state index in [1.807, 2.05) is 13.1 Å². The summed E-state index contributed by atoms with van der Waals surface area (Å²) in [6.07, 6.45) is 4.02. The van der Waals surface area contributed by atoms with Crippen LogP contribution >= 0.6 is 0 Å². The van der Waals surface area contributed by atoms with E-state index in [9.17, 15) is 4.39 Å². The average molecular weight is 434 g/mol. The summed E-state index contributed by atoms with van der Waals surface area (Å²) >= 11 is 0. The minimum absolute atomic E-state index is 0.553. The summed E-state index contributed by atoms with van der Waals surface area (Å²) in [4.78, 5) is 11.9. The summed E-state index contributed by atoms with van der Waals surface area (Å²) < 4.78 is 15.7. The number of aromatic nitrogens is 3. The zero-order valence-corrected chi connectivity index (χ0v) is 19.1. The number of aryl methyl sites for hydroxylation is 1. The van der Waals surface area contributed by atoms with Gasteiger partial charge in [-0.25, -0.2) is 14.4 Å². The van der Waals surface area contributed by atoms with E-state index in [2.05, 4.69) is 65.2 Å². The van der Waals surface area contributed by atoms with Gasteiger partial charge in [-0.3, -0.25) is 4.57 Å². The van der Waals surface area contributed by atoms with Crippen molar-refractivity contribution in [3.63, 3.8) is 0 Å². The summed E-state index contributed by atoms with van der Waals surface area (Å²) in [7, 11) is 0. The summed E-state index contributed by atoms with van der Waals surface area (Å²) in [5.41, 5.74) is 6.79. The minimum Gasteiger partial charge on any atom is -0.389 e. The molecule has 3 heterocycles. The number of imidazole rings is 1. The van der Waals surface area contributed by atoms with Crippen LogP contribution in [0.2, 0.25) is 0 Å². The van der Waals surface area contributed by atoms with E-state index in [-0.39, 0.29) is 0 Å². The molecule has 0 saturated carbocycles. The number of piperidine rings is 1. The molecule has 6 heteroatoms. The van der Waals surface area contributed by atoms with Crippen LogP contribution in [0.4, 0.5) is 4.39 Å². The molecule has 0 aliphatic carbocycles. The molecule has 2 aromatic heterocycles. The standard InChI is InChI=1S/C26H32FN5/c1-5-20-6-8-23(9-7-20)32-25(10-13-28-18(2)3)30-24-16-21(17-29-26(24)32)19(4)31-14-11-22(27)12-15-31/h6-9,16-17,22,28H,2,4-5,10-15H2,1,3H3. The van der Waals surface area contributed by atoms with Gasteiger partial charge in [0.1, 0.15) is 17.5 Å². The lowest BCUT2D eigenvalue weighted by Gasteiger charge is -2.32. The molecule has 1 aromatic carbocycles. The average Bonchev–Trinajstić information content (AvgIpc) is 3.16. The van der Waals surface area contributed by atoms with Crippen LogP contribution in [0.25, 0.3) is 22.5 Å². The Morgan fingerprint density at radius 3 is 2.56 bits per heavy atom. The number of nitrogens with one attached hydrogen (secondary N) is 1. The molecule has 0 amide bonds. The van der Waals surface area contributed by atoms with Crippen molar-refractivity contribution in [2.75, 3.05) is 19.6 Å². The van der Waals surface area contributed by atoms with Gasteiger partial charge >= 0.3 is 0 Å². The molecule has 1 fully saturated rings. The van der Waals surface area contributed by atoms with Crippen molar-refractivity contribution in [1.82, 2.24) is 24.8 Å². The number of hydrogen-bond donors (Lipinski definition) is 1. The molecule has 32 heavy (non-hydrogen) atoms. The molecule has 0 spiro atoms. The van der Waals surface area contributed by atoms with Gasteiger partial charge in [-0.2, -0.15) is 0 Å². The second-order valence-corrected chi connectivity index (χ2v) is 8.52. The van der Waals surface area contributed by atoms with Crippen LogP contribution in [0.3, 0.4) is 0 Å². The first kappa shape index (κ1) is 22.1. The van der Waals surface area contributed by atoms with E-state index in [4.69, 9.17) is 9.97 Å². The Bertz CT molecular complexity index is 1110. The number of alkyl halides is 1. The van der Waals surface area contributed by atoms with Crippen molar-refractivity contribution in [3.05, 3.63) is 72.3 Å². The van der Waals surface area contributed by atoms with Crippen molar-refractivity contribution in [2.24, 2.45) is 0 Å². The molecule has 168 valence electrons. The molecular weight excluding hydrogens is 401 g/mol. The van der Waals surface area contributed by atoms with Crippen LogP contribution in [-0.2, 0) is 12.8 Å². The molecule has 5 nitrogen and oxygen atoms in total. The number of likely N-dealkylation sites (tertiary alicyclic amines) is 1. The molecule has 0 radical (unpaired) electrons. The third-order valence-electron chi connectivity index (χ3n) is 6.08. The number of allylic oxidation sites excluding steroid dienone is 1. The Morgan fingerprint density at radius 2 is 1.91 bits per heavy atom. The van der Waals surface area contributed by atoms with Gasteiger partial charge in [-0.05, 0) is 49.9 Å². The van der Waals surface area contributed by atoms with Gasteiger partial charge in [0.2, 0.25) is 0 Å². The minimum atomic E-state index is -0.704. The van der Waals surface area contributed by atoms with Crippen LogP contribution in [0.1, 0.15) is 43.6 Å². The fraction of sp³-hybridized carbons (Fsp3) is 0.385. The highest BCUT2D eigenvalue weighted by Crippen LogP contribution is 2.27. The highest BCUT2D eigenvalue weighted by atomic mass is 19.1. The number of hydrogen-bond acceptors (Lipinski definition) is 4. The number of rotatable bonds is 8. The van der Waals surface area contributed by atoms with Crippen molar-refractivity contribution in [3.8, 4) is 5.69 Å². The van der Waals surface area contributed by atoms with Crippen LogP contribution in [0, 0.1) is 0 Å². The molecule has 0 unspecified atom stereocenters. The lowest BCUT2D eigenvalue weighted by Crippen LogP contribution is -2.32. The fourth-order valence-corrected chi connectivity index (χ4v) is 4.18. The van der Waals surface area contributed by atoms with Crippen LogP contribution in [0.5, 0.6) is 0 Å². The molecule has 1 saturated heterocycles. The SMILES string of the molecule is C=C(C)NCCc1nc2cc(C(=C)N3CCC(F)CC3)cnc2n1-c1ccc(CC)cc1. The topological polar surface area (TPSA) is 46.0 Å². The maximum atomic E-state index is 13.5. The third kappa shape index (κ3) is 4.69. The lowest BCUT2D eigenvalue weighted by molar-refractivity contribution is 0.197. The lowest BCUT2D eigenvalue weighted by atomic mass is 10.1. The summed E-state index contributed by atoms with van der Waals surface area (Å²) in [6.45, 7) is 14.4. The highest BCUT2D eigenvalue weighted by Gasteiger charge is 2.21. The Labute approximate surface area is 189 Å². The van der Waals surface area contributed by atoms with E-state index >= 15 is 0 Å². The second-order valence-electron chi connectivity index (χ2n) is 8.52. The third-order valence-corrected chi connectivity index (χ3v) is 6.08. The molecule has 1 aliphatic rings. The molecular formula is C26H32FN5. The second kappa shape index (κ2) is 9.55. The van der Waals surface area contributed by atoms with Gasteiger partial charge in [-0.1, -0.05) is 32.2 Å². The Kier molecular flexibility index (Phi) is 6.58. The largest absolute Gasteiger partial charge is 0.389 e. The van der Waals surface area contributed by atoms with Crippen LogP contribution in [-0.4, -0.2) is 45.2 Å². The first-order valence-electron chi connectivity index (χ1n) is 11.4. The first-order valence-corrected chi connectivity index (χ1v) is 11.4. The van der Waals surface area contributed by atoms with E-state index in [0.717, 1.165) is 59.0 Å². The predicted octanol–water partition coefficient (Wildman–Crippen LogP) is 5.05. The highest BCUT2D eigenvalue weighted by molar-refractivity contribution is 5.78. The van der Waals surface area contributed by atoms with Gasteiger partial charge in [0, 0.05) is 54.9 Å². The number of benzene rings is 1.